The minimum atomic E-state index is -1.14. The van der Waals surface area contributed by atoms with Crippen LogP contribution in [0.15, 0.2) is 54.6 Å². The molecule has 0 radical (unpaired) electrons. The van der Waals surface area contributed by atoms with Crippen LogP contribution in [0.5, 0.6) is 0 Å². The minimum Gasteiger partial charge on any atom is -0.451 e. The molecule has 2 aromatic rings. The van der Waals surface area contributed by atoms with E-state index in [0.29, 0.717) is 16.7 Å². The van der Waals surface area contributed by atoms with Crippen LogP contribution in [0.4, 0.5) is 0 Å². The standard InChI is InChI=1S/C17H15N3O4/c18-20-16(22)13(19-15(21)10-6-2-1-3-7-10)14-11-8-4-5-9-12(11)17(23)24-14/h1-9,13-14H,18H2,(H,19,21)(H,20,22)/t13-,14-/m1/s1. The highest BCUT2D eigenvalue weighted by molar-refractivity contribution is 5.99. The zero-order chi connectivity index (χ0) is 17.1. The molecule has 0 saturated heterocycles. The molecule has 0 aliphatic carbocycles. The van der Waals surface area contributed by atoms with Gasteiger partial charge in [-0.3, -0.25) is 15.0 Å². The lowest BCUT2D eigenvalue weighted by Gasteiger charge is -2.22. The van der Waals surface area contributed by atoms with Crippen LogP contribution in [-0.4, -0.2) is 23.8 Å². The summed E-state index contributed by atoms with van der Waals surface area (Å²) in [4.78, 5) is 36.4. The Balaban J connectivity index is 1.90. The molecule has 7 heteroatoms. The fourth-order valence-electron chi connectivity index (χ4n) is 2.60. The average molecular weight is 325 g/mol. The van der Waals surface area contributed by atoms with Crippen molar-refractivity contribution >= 4 is 17.8 Å². The van der Waals surface area contributed by atoms with E-state index in [2.05, 4.69) is 5.32 Å². The number of carbonyl (C=O) groups excluding carboxylic acids is 3. The second-order valence-corrected chi connectivity index (χ2v) is 5.24. The van der Waals surface area contributed by atoms with Crippen molar-refractivity contribution in [1.29, 1.82) is 0 Å². The number of hydrogen-bond donors (Lipinski definition) is 3. The van der Waals surface area contributed by atoms with E-state index in [1.54, 1.807) is 54.6 Å². The molecule has 0 bridgehead atoms. The number of carbonyl (C=O) groups is 3. The minimum absolute atomic E-state index is 0.367. The summed E-state index contributed by atoms with van der Waals surface area (Å²) in [6.45, 7) is 0. The molecule has 0 unspecified atom stereocenters. The van der Waals surface area contributed by atoms with Crippen molar-refractivity contribution in [2.75, 3.05) is 0 Å². The number of fused-ring (bicyclic) bond motifs is 1. The molecule has 2 amide bonds. The summed E-state index contributed by atoms with van der Waals surface area (Å²) in [6, 6.07) is 14.0. The van der Waals surface area contributed by atoms with E-state index < -0.39 is 29.9 Å². The summed E-state index contributed by atoms with van der Waals surface area (Å²) in [5, 5.41) is 2.58. The van der Waals surface area contributed by atoms with Crippen LogP contribution in [0.1, 0.15) is 32.4 Å². The summed E-state index contributed by atoms with van der Waals surface area (Å²) in [5.41, 5.74) is 3.28. The van der Waals surface area contributed by atoms with Gasteiger partial charge in [-0.2, -0.15) is 0 Å². The third kappa shape index (κ3) is 2.84. The van der Waals surface area contributed by atoms with Crippen LogP contribution in [0.25, 0.3) is 0 Å². The van der Waals surface area contributed by atoms with Gasteiger partial charge < -0.3 is 10.1 Å². The predicted molar refractivity (Wildman–Crippen MR) is 84.6 cm³/mol. The smallest absolute Gasteiger partial charge is 0.339 e. The molecular formula is C17H15N3O4. The third-order valence-electron chi connectivity index (χ3n) is 3.77. The first-order valence-corrected chi connectivity index (χ1v) is 7.28. The maximum atomic E-state index is 12.4. The van der Waals surface area contributed by atoms with Crippen molar-refractivity contribution in [1.82, 2.24) is 10.7 Å². The molecule has 0 fully saturated rings. The number of nitrogens with one attached hydrogen (secondary N) is 2. The van der Waals surface area contributed by atoms with E-state index in [0.717, 1.165) is 0 Å². The van der Waals surface area contributed by atoms with Crippen LogP contribution < -0.4 is 16.6 Å². The fraction of sp³-hybridized carbons (Fsp3) is 0.118. The maximum Gasteiger partial charge on any atom is 0.339 e. The van der Waals surface area contributed by atoms with Crippen LogP contribution in [0.2, 0.25) is 0 Å². The second kappa shape index (κ2) is 6.51. The van der Waals surface area contributed by atoms with Gasteiger partial charge in [-0.25, -0.2) is 10.6 Å². The highest BCUT2D eigenvalue weighted by atomic mass is 16.6. The molecule has 0 saturated carbocycles. The van der Waals surface area contributed by atoms with Crippen molar-refractivity contribution in [3.05, 3.63) is 71.3 Å². The van der Waals surface area contributed by atoms with Crippen molar-refractivity contribution in [2.24, 2.45) is 5.84 Å². The number of hydrogen-bond acceptors (Lipinski definition) is 5. The van der Waals surface area contributed by atoms with Crippen molar-refractivity contribution < 1.29 is 19.1 Å². The van der Waals surface area contributed by atoms with E-state index in [1.165, 1.54) is 0 Å². The number of rotatable bonds is 4. The lowest BCUT2D eigenvalue weighted by molar-refractivity contribution is -0.125. The third-order valence-corrected chi connectivity index (χ3v) is 3.77. The number of benzene rings is 2. The van der Waals surface area contributed by atoms with Gasteiger partial charge in [0.2, 0.25) is 0 Å². The lowest BCUT2D eigenvalue weighted by atomic mass is 9.99. The van der Waals surface area contributed by atoms with E-state index >= 15 is 0 Å². The van der Waals surface area contributed by atoms with Crippen LogP contribution in [-0.2, 0) is 9.53 Å². The van der Waals surface area contributed by atoms with Gasteiger partial charge in [0.25, 0.3) is 11.8 Å². The Kier molecular flexibility index (Phi) is 4.26. The Morgan fingerprint density at radius 3 is 2.42 bits per heavy atom. The number of amides is 2. The van der Waals surface area contributed by atoms with Crippen LogP contribution in [0, 0.1) is 0 Å². The monoisotopic (exact) mass is 325 g/mol. The molecule has 2 atom stereocenters. The van der Waals surface area contributed by atoms with Gasteiger partial charge in [-0.15, -0.1) is 0 Å². The molecule has 7 nitrogen and oxygen atoms in total. The van der Waals surface area contributed by atoms with Gasteiger partial charge >= 0.3 is 5.97 Å². The van der Waals surface area contributed by atoms with Gasteiger partial charge in [-0.05, 0) is 18.2 Å². The molecule has 4 N–H and O–H groups in total. The van der Waals surface area contributed by atoms with E-state index in [1.807, 2.05) is 5.43 Å². The Hall–Kier alpha value is -3.19. The number of nitrogens with two attached hydrogens (primary N) is 1. The number of esters is 1. The summed E-state index contributed by atoms with van der Waals surface area (Å²) >= 11 is 0. The first kappa shape index (κ1) is 15.7. The molecule has 0 spiro atoms. The largest absolute Gasteiger partial charge is 0.451 e. The Labute approximate surface area is 137 Å². The molecule has 122 valence electrons. The first-order chi connectivity index (χ1) is 11.6. The molecular weight excluding hydrogens is 310 g/mol. The molecule has 2 aromatic carbocycles. The lowest BCUT2D eigenvalue weighted by Crippen LogP contribution is -2.52. The molecule has 1 aliphatic heterocycles. The van der Waals surface area contributed by atoms with Crippen LogP contribution >= 0.6 is 0 Å². The Bertz CT molecular complexity index is 791. The Morgan fingerprint density at radius 2 is 1.71 bits per heavy atom. The summed E-state index contributed by atoms with van der Waals surface area (Å²) in [7, 11) is 0. The average Bonchev–Trinajstić information content (AvgIpc) is 2.96. The predicted octanol–water partition coefficient (Wildman–Crippen LogP) is 0.687. The normalized spacial score (nSPS) is 16.7. The van der Waals surface area contributed by atoms with Gasteiger partial charge in [-0.1, -0.05) is 36.4 Å². The molecule has 24 heavy (non-hydrogen) atoms. The van der Waals surface area contributed by atoms with Crippen molar-refractivity contribution in [3.8, 4) is 0 Å². The molecule has 3 rings (SSSR count). The second-order valence-electron chi connectivity index (χ2n) is 5.24. The van der Waals surface area contributed by atoms with Gasteiger partial charge in [0.15, 0.2) is 12.1 Å². The number of hydrazine groups is 1. The van der Waals surface area contributed by atoms with E-state index in [-0.39, 0.29) is 0 Å². The highest BCUT2D eigenvalue weighted by Crippen LogP contribution is 2.33. The topological polar surface area (TPSA) is 111 Å². The SMILES string of the molecule is NNC(=O)[C@H](NC(=O)c1ccccc1)[C@@H]1OC(=O)c2ccccc21. The summed E-state index contributed by atoms with van der Waals surface area (Å²) in [5.74, 6) is 3.55. The van der Waals surface area contributed by atoms with Crippen molar-refractivity contribution in [3.63, 3.8) is 0 Å². The molecule has 1 heterocycles. The van der Waals surface area contributed by atoms with E-state index in [4.69, 9.17) is 10.6 Å². The van der Waals surface area contributed by atoms with E-state index in [9.17, 15) is 14.4 Å². The Morgan fingerprint density at radius 1 is 1.04 bits per heavy atom. The van der Waals surface area contributed by atoms with Crippen LogP contribution in [0.3, 0.4) is 0 Å². The van der Waals surface area contributed by atoms with Crippen molar-refractivity contribution in [2.45, 2.75) is 12.1 Å². The van der Waals surface area contributed by atoms with Gasteiger partial charge in [0.05, 0.1) is 5.56 Å². The highest BCUT2D eigenvalue weighted by Gasteiger charge is 2.40. The number of cyclic esters (lactones) is 1. The van der Waals surface area contributed by atoms with Gasteiger partial charge in [0.1, 0.15) is 0 Å². The summed E-state index contributed by atoms with van der Waals surface area (Å²) in [6.07, 6.45) is -0.940. The maximum absolute atomic E-state index is 12.4. The first-order valence-electron chi connectivity index (χ1n) is 7.28. The fourth-order valence-corrected chi connectivity index (χ4v) is 2.60. The zero-order valence-electron chi connectivity index (χ0n) is 12.6. The quantitative estimate of drug-likeness (QED) is 0.331. The summed E-state index contributed by atoms with van der Waals surface area (Å²) < 4.78 is 5.28. The molecule has 1 aliphatic rings. The molecule has 0 aromatic heterocycles. The van der Waals surface area contributed by atoms with Gasteiger partial charge in [0, 0.05) is 11.1 Å². The number of ether oxygens (including phenoxy) is 1. The zero-order valence-corrected chi connectivity index (χ0v) is 12.6.